The van der Waals surface area contributed by atoms with Gasteiger partial charge in [0, 0.05) is 45.8 Å². The van der Waals surface area contributed by atoms with Crippen LogP contribution < -0.4 is 0 Å². The molecule has 4 rings (SSSR count). The van der Waals surface area contributed by atoms with Crippen molar-refractivity contribution in [1.29, 1.82) is 0 Å². The first-order valence-electron chi connectivity index (χ1n) is 11.8. The number of nitrogens with zero attached hydrogens (tertiary/aromatic N) is 4. The van der Waals surface area contributed by atoms with E-state index in [2.05, 4.69) is 45.0 Å². The van der Waals surface area contributed by atoms with Gasteiger partial charge >= 0.3 is 12.1 Å². The van der Waals surface area contributed by atoms with Gasteiger partial charge in [-0.1, -0.05) is 30.3 Å². The molecule has 32 heavy (non-hydrogen) atoms. The third-order valence-corrected chi connectivity index (χ3v) is 7.21. The highest BCUT2D eigenvalue weighted by Gasteiger charge is 2.40. The van der Waals surface area contributed by atoms with E-state index in [0.29, 0.717) is 24.9 Å². The van der Waals surface area contributed by atoms with Crippen molar-refractivity contribution >= 4 is 12.1 Å². The number of likely N-dealkylation sites (tertiary alicyclic amines) is 1. The predicted octanol–water partition coefficient (Wildman–Crippen LogP) is 1.86. The maximum Gasteiger partial charge on any atom is 0.411 e. The van der Waals surface area contributed by atoms with E-state index in [1.807, 2.05) is 0 Å². The SMILES string of the molecule is COC(=O)CCN1CCN(C2CN(C)C(=O)O2)CC1C1CCN(Cc2ccccc2)CC1. The molecule has 3 saturated heterocycles. The van der Waals surface area contributed by atoms with Crippen LogP contribution in [0.2, 0.25) is 0 Å². The number of esters is 1. The summed E-state index contributed by atoms with van der Waals surface area (Å²) in [7, 11) is 3.24. The average molecular weight is 445 g/mol. The molecular weight excluding hydrogens is 408 g/mol. The highest BCUT2D eigenvalue weighted by Crippen LogP contribution is 2.29. The normalized spacial score (nSPS) is 26.3. The predicted molar refractivity (Wildman–Crippen MR) is 121 cm³/mol. The van der Waals surface area contributed by atoms with Crippen molar-refractivity contribution < 1.29 is 19.1 Å². The minimum atomic E-state index is -0.242. The average Bonchev–Trinajstić information content (AvgIpc) is 3.16. The molecule has 176 valence electrons. The summed E-state index contributed by atoms with van der Waals surface area (Å²) in [6.45, 7) is 7.10. The van der Waals surface area contributed by atoms with E-state index in [1.165, 1.54) is 12.7 Å². The highest BCUT2D eigenvalue weighted by molar-refractivity contribution is 5.69. The van der Waals surface area contributed by atoms with Crippen LogP contribution in [-0.2, 0) is 20.8 Å². The molecule has 0 spiro atoms. The summed E-state index contributed by atoms with van der Waals surface area (Å²) in [5, 5.41) is 0. The Bertz CT molecular complexity index is 769. The smallest absolute Gasteiger partial charge is 0.411 e. The number of hydrogen-bond donors (Lipinski definition) is 0. The second-order valence-electron chi connectivity index (χ2n) is 9.24. The molecule has 0 aliphatic carbocycles. The van der Waals surface area contributed by atoms with Gasteiger partial charge in [-0.05, 0) is 37.4 Å². The molecule has 3 fully saturated rings. The number of amides is 1. The molecule has 0 aromatic heterocycles. The van der Waals surface area contributed by atoms with Crippen molar-refractivity contribution in [2.24, 2.45) is 5.92 Å². The highest BCUT2D eigenvalue weighted by atomic mass is 16.6. The van der Waals surface area contributed by atoms with Gasteiger partial charge in [0.2, 0.25) is 0 Å². The second-order valence-corrected chi connectivity index (χ2v) is 9.24. The topological polar surface area (TPSA) is 65.6 Å². The molecule has 1 aromatic carbocycles. The number of benzene rings is 1. The third-order valence-electron chi connectivity index (χ3n) is 7.21. The molecule has 3 aliphatic rings. The van der Waals surface area contributed by atoms with Crippen LogP contribution in [0.15, 0.2) is 30.3 Å². The van der Waals surface area contributed by atoms with E-state index < -0.39 is 0 Å². The Balaban J connectivity index is 1.37. The van der Waals surface area contributed by atoms with Crippen molar-refractivity contribution in [3.05, 3.63) is 35.9 Å². The number of carbonyl (C=O) groups is 2. The van der Waals surface area contributed by atoms with Gasteiger partial charge in [-0.2, -0.15) is 0 Å². The molecule has 3 aliphatic heterocycles. The van der Waals surface area contributed by atoms with Crippen LogP contribution in [-0.4, -0.2) is 104 Å². The molecular formula is C24H36N4O4. The van der Waals surface area contributed by atoms with Gasteiger partial charge in [-0.25, -0.2) is 4.79 Å². The van der Waals surface area contributed by atoms with E-state index in [0.717, 1.165) is 58.7 Å². The maximum atomic E-state index is 11.9. The fourth-order valence-corrected chi connectivity index (χ4v) is 5.27. The van der Waals surface area contributed by atoms with Crippen molar-refractivity contribution in [2.75, 3.05) is 60.0 Å². The molecule has 3 heterocycles. The van der Waals surface area contributed by atoms with Gasteiger partial charge in [-0.15, -0.1) is 0 Å². The lowest BCUT2D eigenvalue weighted by Crippen LogP contribution is -2.60. The number of piperazine rings is 1. The largest absolute Gasteiger partial charge is 0.469 e. The number of carbonyl (C=O) groups excluding carboxylic acids is 2. The molecule has 0 radical (unpaired) electrons. The molecule has 2 atom stereocenters. The van der Waals surface area contributed by atoms with Crippen LogP contribution in [0.4, 0.5) is 4.79 Å². The molecule has 1 aromatic rings. The molecule has 8 nitrogen and oxygen atoms in total. The quantitative estimate of drug-likeness (QED) is 0.595. The molecule has 0 N–H and O–H groups in total. The van der Waals surface area contributed by atoms with Crippen molar-refractivity contribution in [1.82, 2.24) is 19.6 Å². The first-order chi connectivity index (χ1) is 15.5. The summed E-state index contributed by atoms with van der Waals surface area (Å²) >= 11 is 0. The lowest BCUT2D eigenvalue weighted by Gasteiger charge is -2.47. The van der Waals surface area contributed by atoms with Crippen molar-refractivity contribution in [3.63, 3.8) is 0 Å². The van der Waals surface area contributed by atoms with E-state index in [9.17, 15) is 9.59 Å². The minimum Gasteiger partial charge on any atom is -0.469 e. The Morgan fingerprint density at radius 3 is 2.50 bits per heavy atom. The zero-order valence-corrected chi connectivity index (χ0v) is 19.3. The van der Waals surface area contributed by atoms with Crippen LogP contribution in [0.3, 0.4) is 0 Å². The number of rotatable bonds is 7. The lowest BCUT2D eigenvalue weighted by molar-refractivity contribution is -0.141. The van der Waals surface area contributed by atoms with Gasteiger partial charge < -0.3 is 14.4 Å². The van der Waals surface area contributed by atoms with Gasteiger partial charge in [0.05, 0.1) is 20.1 Å². The van der Waals surface area contributed by atoms with Crippen LogP contribution in [0.1, 0.15) is 24.8 Å². The Morgan fingerprint density at radius 2 is 1.84 bits per heavy atom. The summed E-state index contributed by atoms with van der Waals surface area (Å²) in [4.78, 5) is 32.6. The van der Waals surface area contributed by atoms with Gasteiger partial charge in [-0.3, -0.25) is 19.5 Å². The maximum absolute atomic E-state index is 11.9. The number of methoxy groups -OCH3 is 1. The molecule has 8 heteroatoms. The summed E-state index contributed by atoms with van der Waals surface area (Å²) in [6, 6.07) is 11.0. The zero-order chi connectivity index (χ0) is 22.5. The number of piperidine rings is 1. The lowest BCUT2D eigenvalue weighted by atomic mass is 9.86. The van der Waals surface area contributed by atoms with E-state index in [1.54, 1.807) is 11.9 Å². The Kier molecular flexibility index (Phi) is 7.65. The van der Waals surface area contributed by atoms with Crippen LogP contribution in [0.25, 0.3) is 0 Å². The van der Waals surface area contributed by atoms with Gasteiger partial charge in [0.25, 0.3) is 0 Å². The number of likely N-dealkylation sites (N-methyl/N-ethyl adjacent to an activating group) is 1. The molecule has 0 saturated carbocycles. The Labute approximate surface area is 191 Å². The molecule has 2 unspecified atom stereocenters. The molecule has 0 bridgehead atoms. The van der Waals surface area contributed by atoms with Crippen molar-refractivity contribution in [3.8, 4) is 0 Å². The van der Waals surface area contributed by atoms with Crippen LogP contribution >= 0.6 is 0 Å². The van der Waals surface area contributed by atoms with E-state index in [4.69, 9.17) is 9.47 Å². The fraction of sp³-hybridized carbons (Fsp3) is 0.667. The number of hydrogen-bond acceptors (Lipinski definition) is 7. The second kappa shape index (κ2) is 10.6. The summed E-state index contributed by atoms with van der Waals surface area (Å²) in [5.41, 5.74) is 1.36. The first kappa shape index (κ1) is 23.0. The first-order valence-corrected chi connectivity index (χ1v) is 11.8. The zero-order valence-electron chi connectivity index (χ0n) is 19.3. The van der Waals surface area contributed by atoms with Crippen LogP contribution in [0, 0.1) is 5.92 Å². The molecule has 1 amide bonds. The summed E-state index contributed by atoms with van der Waals surface area (Å²) in [5.74, 6) is 0.410. The van der Waals surface area contributed by atoms with E-state index >= 15 is 0 Å². The monoisotopic (exact) mass is 444 g/mol. The van der Waals surface area contributed by atoms with Gasteiger partial charge in [0.1, 0.15) is 0 Å². The standard InChI is InChI=1S/C24H36N4O4/c1-25-18-22(32-24(25)30)28-15-14-27(13-10-23(29)31-2)21(17-28)20-8-11-26(12-9-20)16-19-6-4-3-5-7-19/h3-7,20-22H,8-18H2,1-2H3. The number of cyclic esters (lactones) is 1. The Hall–Kier alpha value is -2.16. The summed E-state index contributed by atoms with van der Waals surface area (Å²) in [6.07, 6.45) is 2.29. The Morgan fingerprint density at radius 1 is 1.09 bits per heavy atom. The fourth-order valence-electron chi connectivity index (χ4n) is 5.27. The number of ether oxygens (including phenoxy) is 2. The summed E-state index contributed by atoms with van der Waals surface area (Å²) < 4.78 is 10.5. The third kappa shape index (κ3) is 5.60. The van der Waals surface area contributed by atoms with Crippen LogP contribution in [0.5, 0.6) is 0 Å². The van der Waals surface area contributed by atoms with Gasteiger partial charge in [0.15, 0.2) is 6.23 Å². The van der Waals surface area contributed by atoms with E-state index in [-0.39, 0.29) is 18.3 Å². The van der Waals surface area contributed by atoms with Crippen molar-refractivity contribution in [2.45, 2.75) is 38.1 Å². The minimum absolute atomic E-state index is 0.157.